The fourth-order valence-corrected chi connectivity index (χ4v) is 2.11. The molecule has 0 unspecified atom stereocenters. The summed E-state index contributed by atoms with van der Waals surface area (Å²) in [5.41, 5.74) is 0.943. The van der Waals surface area contributed by atoms with Crippen LogP contribution in [-0.2, 0) is 11.9 Å². The molecule has 0 N–H and O–H groups in total. The zero-order valence-electron chi connectivity index (χ0n) is 9.80. The van der Waals surface area contributed by atoms with Crippen molar-refractivity contribution in [3.8, 4) is 5.75 Å². The van der Waals surface area contributed by atoms with Gasteiger partial charge in [-0.2, -0.15) is 0 Å². The summed E-state index contributed by atoms with van der Waals surface area (Å²) in [5, 5.41) is 0.428. The Morgan fingerprint density at radius 2 is 1.68 bits per heavy atom. The predicted molar refractivity (Wildman–Crippen MR) is 69.7 cm³/mol. The van der Waals surface area contributed by atoms with Gasteiger partial charge in [0.25, 0.3) is 0 Å². The van der Waals surface area contributed by atoms with E-state index < -0.39 is 17.5 Å². The molecule has 0 spiro atoms. The minimum Gasteiger partial charge on any atom is -0.486 e. The fourth-order valence-electron chi connectivity index (χ4n) is 1.67. The molecular weight excluding hydrogens is 321 g/mol. The Balaban J connectivity index is 2.18. The molecule has 0 heterocycles. The number of halogens is 4. The molecule has 0 radical (unpaired) electrons. The Morgan fingerprint density at radius 3 is 2.32 bits per heavy atom. The molecule has 0 bridgehead atoms. The van der Waals surface area contributed by atoms with Crippen LogP contribution in [0.1, 0.15) is 11.1 Å². The summed E-state index contributed by atoms with van der Waals surface area (Å²) in [5.74, 6) is -1.79. The lowest BCUT2D eigenvalue weighted by Gasteiger charge is -2.11. The zero-order chi connectivity index (χ0) is 13.8. The summed E-state index contributed by atoms with van der Waals surface area (Å²) in [6.07, 6.45) is 0. The van der Waals surface area contributed by atoms with Gasteiger partial charge in [0.05, 0.1) is 0 Å². The van der Waals surface area contributed by atoms with E-state index in [4.69, 9.17) is 4.74 Å². The monoisotopic (exact) mass is 330 g/mol. The molecule has 1 nitrogen and oxygen atoms in total. The van der Waals surface area contributed by atoms with Crippen LogP contribution in [-0.4, -0.2) is 0 Å². The third kappa shape index (κ3) is 3.50. The van der Waals surface area contributed by atoms with Crippen LogP contribution in [0.4, 0.5) is 13.2 Å². The number of alkyl halides is 1. The first-order valence-electron chi connectivity index (χ1n) is 5.51. The molecule has 2 aromatic rings. The second-order valence-corrected chi connectivity index (χ2v) is 4.49. The van der Waals surface area contributed by atoms with E-state index >= 15 is 0 Å². The van der Waals surface area contributed by atoms with Gasteiger partial charge in [0.2, 0.25) is 0 Å². The molecule has 5 heteroatoms. The van der Waals surface area contributed by atoms with Gasteiger partial charge in [-0.3, -0.25) is 0 Å². The van der Waals surface area contributed by atoms with Crippen molar-refractivity contribution in [2.45, 2.75) is 11.9 Å². The van der Waals surface area contributed by atoms with Crippen molar-refractivity contribution in [2.24, 2.45) is 0 Å². The molecule has 19 heavy (non-hydrogen) atoms. The van der Waals surface area contributed by atoms with E-state index in [0.717, 1.165) is 18.2 Å². The van der Waals surface area contributed by atoms with Gasteiger partial charge < -0.3 is 4.74 Å². The summed E-state index contributed by atoms with van der Waals surface area (Å²) in [6, 6.07) is 7.62. The number of benzene rings is 2. The maximum Gasteiger partial charge on any atom is 0.165 e. The highest BCUT2D eigenvalue weighted by atomic mass is 79.9. The van der Waals surface area contributed by atoms with Gasteiger partial charge in [0.15, 0.2) is 11.6 Å². The van der Waals surface area contributed by atoms with Crippen LogP contribution in [0, 0.1) is 17.5 Å². The number of hydrogen-bond donors (Lipinski definition) is 0. The lowest BCUT2D eigenvalue weighted by molar-refractivity contribution is 0.287. The van der Waals surface area contributed by atoms with Gasteiger partial charge in [-0.1, -0.05) is 28.1 Å². The lowest BCUT2D eigenvalue weighted by atomic mass is 10.2. The molecule has 0 saturated heterocycles. The highest BCUT2D eigenvalue weighted by molar-refractivity contribution is 9.08. The summed E-state index contributed by atoms with van der Waals surface area (Å²) in [4.78, 5) is 0. The number of para-hydroxylation sites is 1. The topological polar surface area (TPSA) is 9.23 Å². The molecule has 0 fully saturated rings. The van der Waals surface area contributed by atoms with Crippen LogP contribution in [0.3, 0.4) is 0 Å². The smallest absolute Gasteiger partial charge is 0.165 e. The first kappa shape index (κ1) is 13.9. The standard InChI is InChI=1S/C14H10BrF3O/c15-7-10-2-1-3-13(18)14(10)19-8-9-4-11(16)6-12(17)5-9/h1-6H,7-8H2. The third-order valence-electron chi connectivity index (χ3n) is 2.50. The van der Waals surface area contributed by atoms with Crippen LogP contribution in [0.25, 0.3) is 0 Å². The summed E-state index contributed by atoms with van der Waals surface area (Å²) in [7, 11) is 0. The first-order valence-corrected chi connectivity index (χ1v) is 6.63. The Labute approximate surface area is 117 Å². The fraction of sp³-hybridized carbons (Fsp3) is 0.143. The summed E-state index contributed by atoms with van der Waals surface area (Å²) in [6.45, 7) is -0.102. The number of rotatable bonds is 4. The molecule has 0 atom stereocenters. The Bertz CT molecular complexity index is 567. The van der Waals surface area contributed by atoms with E-state index in [1.807, 2.05) is 0 Å². The van der Waals surface area contributed by atoms with Crippen LogP contribution in [0.15, 0.2) is 36.4 Å². The maximum absolute atomic E-state index is 13.6. The van der Waals surface area contributed by atoms with E-state index in [-0.39, 0.29) is 12.4 Å². The van der Waals surface area contributed by atoms with Crippen molar-refractivity contribution in [3.05, 3.63) is 65.0 Å². The number of hydrogen-bond acceptors (Lipinski definition) is 1. The molecule has 2 aromatic carbocycles. The second kappa shape index (κ2) is 6.10. The molecule has 2 rings (SSSR count). The minimum atomic E-state index is -0.687. The quantitative estimate of drug-likeness (QED) is 0.746. The van der Waals surface area contributed by atoms with Crippen molar-refractivity contribution < 1.29 is 17.9 Å². The van der Waals surface area contributed by atoms with Crippen LogP contribution in [0.2, 0.25) is 0 Å². The van der Waals surface area contributed by atoms with E-state index in [9.17, 15) is 13.2 Å². The minimum absolute atomic E-state index is 0.0871. The summed E-state index contributed by atoms with van der Waals surface area (Å²) >= 11 is 3.23. The maximum atomic E-state index is 13.6. The van der Waals surface area contributed by atoms with Crippen molar-refractivity contribution in [1.82, 2.24) is 0 Å². The van der Waals surface area contributed by atoms with Crippen molar-refractivity contribution >= 4 is 15.9 Å². The number of ether oxygens (including phenoxy) is 1. The third-order valence-corrected chi connectivity index (χ3v) is 3.10. The molecule has 0 aromatic heterocycles. The highest BCUT2D eigenvalue weighted by Gasteiger charge is 2.10. The highest BCUT2D eigenvalue weighted by Crippen LogP contribution is 2.25. The van der Waals surface area contributed by atoms with Gasteiger partial charge in [-0.15, -0.1) is 0 Å². The van der Waals surface area contributed by atoms with Crippen molar-refractivity contribution in [1.29, 1.82) is 0 Å². The molecule has 0 saturated carbocycles. The van der Waals surface area contributed by atoms with E-state index in [1.165, 1.54) is 6.07 Å². The molecule has 0 aliphatic heterocycles. The second-order valence-electron chi connectivity index (χ2n) is 3.93. The van der Waals surface area contributed by atoms with E-state index in [0.29, 0.717) is 16.5 Å². The zero-order valence-corrected chi connectivity index (χ0v) is 11.4. The molecule has 100 valence electrons. The van der Waals surface area contributed by atoms with Gasteiger partial charge >= 0.3 is 0 Å². The van der Waals surface area contributed by atoms with E-state index in [2.05, 4.69) is 15.9 Å². The summed E-state index contributed by atoms with van der Waals surface area (Å²) < 4.78 is 44.9. The Hall–Kier alpha value is -1.49. The first-order chi connectivity index (χ1) is 9.10. The van der Waals surface area contributed by atoms with Crippen LogP contribution >= 0.6 is 15.9 Å². The Kier molecular flexibility index (Phi) is 4.47. The van der Waals surface area contributed by atoms with Crippen LogP contribution in [0.5, 0.6) is 5.75 Å². The Morgan fingerprint density at radius 1 is 1.00 bits per heavy atom. The van der Waals surface area contributed by atoms with Crippen LogP contribution < -0.4 is 4.74 Å². The average molecular weight is 331 g/mol. The van der Waals surface area contributed by atoms with Gasteiger partial charge in [-0.25, -0.2) is 13.2 Å². The van der Waals surface area contributed by atoms with Gasteiger partial charge in [0.1, 0.15) is 18.2 Å². The van der Waals surface area contributed by atoms with E-state index in [1.54, 1.807) is 12.1 Å². The molecule has 0 aliphatic carbocycles. The van der Waals surface area contributed by atoms with Crippen molar-refractivity contribution in [3.63, 3.8) is 0 Å². The van der Waals surface area contributed by atoms with Crippen molar-refractivity contribution in [2.75, 3.05) is 0 Å². The molecule has 0 amide bonds. The average Bonchev–Trinajstić information content (AvgIpc) is 2.36. The predicted octanol–water partition coefficient (Wildman–Crippen LogP) is 4.58. The molecule has 0 aliphatic rings. The SMILES string of the molecule is Fc1cc(F)cc(COc2c(F)cccc2CBr)c1. The lowest BCUT2D eigenvalue weighted by Crippen LogP contribution is -2.01. The molecular formula is C14H10BrF3O. The normalized spacial score (nSPS) is 10.5. The van der Waals surface area contributed by atoms with Gasteiger partial charge in [0, 0.05) is 17.0 Å². The van der Waals surface area contributed by atoms with Gasteiger partial charge in [-0.05, 0) is 23.8 Å². The largest absolute Gasteiger partial charge is 0.486 e.